The summed E-state index contributed by atoms with van der Waals surface area (Å²) in [5.41, 5.74) is -0.654. The SMILES string of the molecule is CC(C)N(CCNC(=O)NCC1(O)CCC1)C(C)C. The number of carbonyl (C=O) groups excluding carboxylic acids is 1. The van der Waals surface area contributed by atoms with Crippen LogP contribution in [0.5, 0.6) is 0 Å². The Morgan fingerprint density at radius 1 is 1.21 bits per heavy atom. The van der Waals surface area contributed by atoms with Gasteiger partial charge in [-0.2, -0.15) is 0 Å². The first-order valence-corrected chi connectivity index (χ1v) is 7.34. The van der Waals surface area contributed by atoms with Crippen molar-refractivity contribution in [3.05, 3.63) is 0 Å². The van der Waals surface area contributed by atoms with Crippen LogP contribution in [0.4, 0.5) is 4.79 Å². The van der Waals surface area contributed by atoms with E-state index in [1.807, 2.05) is 0 Å². The molecule has 0 bridgehead atoms. The van der Waals surface area contributed by atoms with E-state index < -0.39 is 5.60 Å². The Labute approximate surface area is 116 Å². The zero-order valence-corrected chi connectivity index (χ0v) is 12.7. The number of carbonyl (C=O) groups is 1. The Morgan fingerprint density at radius 3 is 2.21 bits per heavy atom. The van der Waals surface area contributed by atoms with E-state index in [4.69, 9.17) is 0 Å². The third kappa shape index (κ3) is 5.37. The highest BCUT2D eigenvalue weighted by atomic mass is 16.3. The van der Waals surface area contributed by atoms with Crippen LogP contribution in [0.3, 0.4) is 0 Å². The van der Waals surface area contributed by atoms with E-state index >= 15 is 0 Å². The maximum atomic E-state index is 11.6. The molecule has 0 spiro atoms. The van der Waals surface area contributed by atoms with Crippen molar-refractivity contribution in [3.63, 3.8) is 0 Å². The Balaban J connectivity index is 2.15. The first kappa shape index (κ1) is 16.2. The predicted molar refractivity (Wildman–Crippen MR) is 77.2 cm³/mol. The molecule has 1 aliphatic rings. The lowest BCUT2D eigenvalue weighted by atomic mass is 9.80. The van der Waals surface area contributed by atoms with Gasteiger partial charge in [-0.25, -0.2) is 4.79 Å². The minimum absolute atomic E-state index is 0.187. The molecule has 1 aliphatic carbocycles. The van der Waals surface area contributed by atoms with Gasteiger partial charge < -0.3 is 15.7 Å². The monoisotopic (exact) mass is 271 g/mol. The molecular weight excluding hydrogens is 242 g/mol. The third-order valence-electron chi connectivity index (χ3n) is 3.84. The molecule has 3 N–H and O–H groups in total. The van der Waals surface area contributed by atoms with Crippen LogP contribution < -0.4 is 10.6 Å². The van der Waals surface area contributed by atoms with E-state index in [0.717, 1.165) is 25.8 Å². The summed E-state index contributed by atoms with van der Waals surface area (Å²) >= 11 is 0. The van der Waals surface area contributed by atoms with Gasteiger partial charge in [0.15, 0.2) is 0 Å². The van der Waals surface area contributed by atoms with Crippen LogP contribution in [-0.4, -0.2) is 53.4 Å². The van der Waals surface area contributed by atoms with E-state index in [1.165, 1.54) is 0 Å². The minimum atomic E-state index is -0.654. The number of hydrogen-bond acceptors (Lipinski definition) is 3. The Bertz CT molecular complexity index is 280. The van der Waals surface area contributed by atoms with E-state index in [1.54, 1.807) is 0 Å². The van der Waals surface area contributed by atoms with Crippen molar-refractivity contribution < 1.29 is 9.90 Å². The minimum Gasteiger partial charge on any atom is -0.388 e. The van der Waals surface area contributed by atoms with Gasteiger partial charge in [0.2, 0.25) is 0 Å². The van der Waals surface area contributed by atoms with E-state index in [2.05, 4.69) is 43.2 Å². The molecule has 5 heteroatoms. The lowest BCUT2D eigenvalue weighted by Gasteiger charge is -2.36. The van der Waals surface area contributed by atoms with Gasteiger partial charge in [-0.1, -0.05) is 0 Å². The number of nitrogens with one attached hydrogen (secondary N) is 2. The maximum absolute atomic E-state index is 11.6. The van der Waals surface area contributed by atoms with E-state index in [0.29, 0.717) is 25.2 Å². The van der Waals surface area contributed by atoms with Crippen LogP contribution in [0.15, 0.2) is 0 Å². The van der Waals surface area contributed by atoms with Crippen LogP contribution in [-0.2, 0) is 0 Å². The van der Waals surface area contributed by atoms with Crippen molar-refractivity contribution in [2.24, 2.45) is 0 Å². The quantitative estimate of drug-likeness (QED) is 0.654. The fourth-order valence-corrected chi connectivity index (χ4v) is 2.48. The van der Waals surface area contributed by atoms with Gasteiger partial charge >= 0.3 is 6.03 Å². The van der Waals surface area contributed by atoms with E-state index in [9.17, 15) is 9.90 Å². The molecule has 0 aliphatic heterocycles. The fourth-order valence-electron chi connectivity index (χ4n) is 2.48. The second kappa shape index (κ2) is 7.10. The summed E-state index contributed by atoms with van der Waals surface area (Å²) in [7, 11) is 0. The summed E-state index contributed by atoms with van der Waals surface area (Å²) in [5, 5.41) is 15.4. The van der Waals surface area contributed by atoms with Gasteiger partial charge in [0, 0.05) is 31.7 Å². The largest absolute Gasteiger partial charge is 0.388 e. The molecule has 112 valence electrons. The number of amides is 2. The summed E-state index contributed by atoms with van der Waals surface area (Å²) < 4.78 is 0. The first-order chi connectivity index (χ1) is 8.84. The summed E-state index contributed by atoms with van der Waals surface area (Å²) in [5.74, 6) is 0. The lowest BCUT2D eigenvalue weighted by Crippen LogP contribution is -2.51. The summed E-state index contributed by atoms with van der Waals surface area (Å²) in [4.78, 5) is 13.9. The molecule has 0 aromatic carbocycles. The van der Waals surface area contributed by atoms with Crippen molar-refractivity contribution in [2.45, 2.75) is 64.6 Å². The molecule has 0 radical (unpaired) electrons. The Hall–Kier alpha value is -0.810. The zero-order valence-electron chi connectivity index (χ0n) is 12.7. The molecule has 2 amide bonds. The summed E-state index contributed by atoms with van der Waals surface area (Å²) in [6, 6.07) is 0.758. The van der Waals surface area contributed by atoms with Gasteiger partial charge in [-0.05, 0) is 47.0 Å². The maximum Gasteiger partial charge on any atom is 0.314 e. The first-order valence-electron chi connectivity index (χ1n) is 7.34. The molecule has 0 atom stereocenters. The van der Waals surface area contributed by atoms with Gasteiger partial charge in [-0.15, -0.1) is 0 Å². The second-order valence-corrected chi connectivity index (χ2v) is 6.11. The van der Waals surface area contributed by atoms with E-state index in [-0.39, 0.29) is 6.03 Å². The number of rotatable bonds is 7. The Morgan fingerprint density at radius 2 is 1.79 bits per heavy atom. The second-order valence-electron chi connectivity index (χ2n) is 6.11. The molecular formula is C14H29N3O2. The third-order valence-corrected chi connectivity index (χ3v) is 3.84. The van der Waals surface area contributed by atoms with Crippen LogP contribution in [0.1, 0.15) is 47.0 Å². The highest BCUT2D eigenvalue weighted by molar-refractivity contribution is 5.73. The smallest absolute Gasteiger partial charge is 0.314 e. The predicted octanol–water partition coefficient (Wildman–Crippen LogP) is 1.32. The van der Waals surface area contributed by atoms with Crippen LogP contribution in [0.25, 0.3) is 0 Å². The molecule has 1 saturated carbocycles. The molecule has 5 nitrogen and oxygen atoms in total. The van der Waals surface area contributed by atoms with Crippen molar-refractivity contribution in [3.8, 4) is 0 Å². The highest BCUT2D eigenvalue weighted by Crippen LogP contribution is 2.30. The molecule has 0 unspecified atom stereocenters. The van der Waals surface area contributed by atoms with Crippen molar-refractivity contribution in [2.75, 3.05) is 19.6 Å². The van der Waals surface area contributed by atoms with Crippen LogP contribution in [0.2, 0.25) is 0 Å². The number of aliphatic hydroxyl groups is 1. The topological polar surface area (TPSA) is 64.6 Å². The van der Waals surface area contributed by atoms with Crippen LogP contribution in [0, 0.1) is 0 Å². The van der Waals surface area contributed by atoms with Crippen molar-refractivity contribution in [1.82, 2.24) is 15.5 Å². The average molecular weight is 271 g/mol. The van der Waals surface area contributed by atoms with Crippen molar-refractivity contribution in [1.29, 1.82) is 0 Å². The fraction of sp³-hybridized carbons (Fsp3) is 0.929. The van der Waals surface area contributed by atoms with Gasteiger partial charge in [-0.3, -0.25) is 4.90 Å². The molecule has 1 fully saturated rings. The molecule has 0 aromatic rings. The van der Waals surface area contributed by atoms with Crippen molar-refractivity contribution >= 4 is 6.03 Å². The average Bonchev–Trinajstić information content (AvgIpc) is 2.28. The zero-order chi connectivity index (χ0) is 14.5. The van der Waals surface area contributed by atoms with Crippen LogP contribution >= 0.6 is 0 Å². The highest BCUT2D eigenvalue weighted by Gasteiger charge is 2.34. The Kier molecular flexibility index (Phi) is 6.07. The summed E-state index contributed by atoms with van der Waals surface area (Å²) in [6.07, 6.45) is 2.64. The normalized spacial score (nSPS) is 17.7. The number of hydrogen-bond donors (Lipinski definition) is 3. The molecule has 0 aromatic heterocycles. The molecule has 1 rings (SSSR count). The van der Waals surface area contributed by atoms with Gasteiger partial charge in [0.05, 0.1) is 5.60 Å². The summed E-state index contributed by atoms with van der Waals surface area (Å²) in [6.45, 7) is 10.5. The number of urea groups is 1. The number of nitrogens with zero attached hydrogens (tertiary/aromatic N) is 1. The molecule has 0 heterocycles. The molecule has 0 saturated heterocycles. The molecule has 19 heavy (non-hydrogen) atoms. The van der Waals surface area contributed by atoms with Gasteiger partial charge in [0.1, 0.15) is 0 Å². The van der Waals surface area contributed by atoms with Gasteiger partial charge in [0.25, 0.3) is 0 Å². The lowest BCUT2D eigenvalue weighted by molar-refractivity contribution is -0.0290. The standard InChI is InChI=1S/C14H29N3O2/c1-11(2)17(12(3)4)9-8-15-13(18)16-10-14(19)6-5-7-14/h11-12,19H,5-10H2,1-4H3,(H2,15,16,18).